The molecule has 1 heterocycles. The van der Waals surface area contributed by atoms with Gasteiger partial charge in [-0.1, -0.05) is 30.3 Å². The van der Waals surface area contributed by atoms with Gasteiger partial charge in [-0.3, -0.25) is 0 Å². The third kappa shape index (κ3) is 4.83. The molecule has 0 aliphatic heterocycles. The molecule has 130 valence electrons. The molecule has 6 N–H and O–H groups in total. The van der Waals surface area contributed by atoms with Crippen LogP contribution >= 0.6 is 0 Å². The van der Waals surface area contributed by atoms with Crippen molar-refractivity contribution in [1.29, 1.82) is 0 Å². The van der Waals surface area contributed by atoms with Crippen molar-refractivity contribution in [3.8, 4) is 11.4 Å². The lowest BCUT2D eigenvalue weighted by Gasteiger charge is -2.26. The van der Waals surface area contributed by atoms with Gasteiger partial charge in [0.05, 0.1) is 25.4 Å². The predicted octanol–water partition coefficient (Wildman–Crippen LogP) is -1.37. The number of aliphatic hydroxyl groups excluding tert-OH is 4. The van der Waals surface area contributed by atoms with Crippen LogP contribution in [0.4, 0.5) is 11.9 Å². The van der Waals surface area contributed by atoms with Gasteiger partial charge in [-0.25, -0.2) is 0 Å². The minimum absolute atomic E-state index is 0.0131. The fourth-order valence-electron chi connectivity index (χ4n) is 2.10. The first-order valence-corrected chi connectivity index (χ1v) is 7.43. The zero-order valence-corrected chi connectivity index (χ0v) is 13.0. The highest BCUT2D eigenvalue weighted by Gasteiger charge is 2.19. The molecule has 0 amide bonds. The van der Waals surface area contributed by atoms with E-state index in [4.69, 9.17) is 15.9 Å². The van der Waals surface area contributed by atoms with Gasteiger partial charge >= 0.3 is 0 Å². The van der Waals surface area contributed by atoms with E-state index in [1.54, 1.807) is 0 Å². The highest BCUT2D eigenvalue weighted by atomic mass is 16.3. The molecule has 1 aromatic heterocycles. The summed E-state index contributed by atoms with van der Waals surface area (Å²) in [6.45, 7) is -0.994. The summed E-state index contributed by atoms with van der Waals surface area (Å²) in [5, 5.41) is 37.5. The zero-order valence-electron chi connectivity index (χ0n) is 13.0. The first-order chi connectivity index (χ1) is 11.5. The van der Waals surface area contributed by atoms with E-state index in [0.717, 1.165) is 5.56 Å². The van der Waals surface area contributed by atoms with Crippen LogP contribution < -0.4 is 10.6 Å². The number of aromatic nitrogens is 3. The zero-order chi connectivity index (χ0) is 17.5. The average molecular weight is 335 g/mol. The summed E-state index contributed by atoms with van der Waals surface area (Å²) in [4.78, 5) is 13.9. The van der Waals surface area contributed by atoms with Crippen molar-refractivity contribution >= 4 is 11.9 Å². The van der Waals surface area contributed by atoms with E-state index in [2.05, 4.69) is 15.0 Å². The molecule has 9 nitrogen and oxygen atoms in total. The van der Waals surface area contributed by atoms with Crippen molar-refractivity contribution in [3.05, 3.63) is 30.3 Å². The van der Waals surface area contributed by atoms with Crippen molar-refractivity contribution in [2.75, 3.05) is 36.9 Å². The topological polar surface area (TPSA) is 149 Å². The van der Waals surface area contributed by atoms with Gasteiger partial charge in [-0.15, -0.1) is 0 Å². The fourth-order valence-corrected chi connectivity index (χ4v) is 2.10. The highest BCUT2D eigenvalue weighted by molar-refractivity contribution is 5.57. The number of hydrogen-bond acceptors (Lipinski definition) is 9. The molecule has 24 heavy (non-hydrogen) atoms. The maximum Gasteiger partial charge on any atom is 0.230 e. The molecule has 0 aliphatic rings. The smallest absolute Gasteiger partial charge is 0.230 e. The largest absolute Gasteiger partial charge is 0.394 e. The summed E-state index contributed by atoms with van der Waals surface area (Å²) >= 11 is 0. The molecule has 0 aliphatic carbocycles. The van der Waals surface area contributed by atoms with Crippen LogP contribution in [0, 0.1) is 0 Å². The van der Waals surface area contributed by atoms with Crippen LogP contribution in [0.25, 0.3) is 11.4 Å². The number of aliphatic hydroxyl groups is 4. The van der Waals surface area contributed by atoms with E-state index in [9.17, 15) is 10.2 Å². The minimum Gasteiger partial charge on any atom is -0.394 e. The lowest BCUT2D eigenvalue weighted by atomic mass is 10.2. The third-order valence-corrected chi connectivity index (χ3v) is 3.24. The molecule has 0 saturated heterocycles. The van der Waals surface area contributed by atoms with Gasteiger partial charge in [0.2, 0.25) is 11.9 Å². The second-order valence-corrected chi connectivity index (χ2v) is 5.26. The van der Waals surface area contributed by atoms with Crippen LogP contribution in [-0.2, 0) is 0 Å². The van der Waals surface area contributed by atoms with Crippen molar-refractivity contribution in [1.82, 2.24) is 15.0 Å². The lowest BCUT2D eigenvalue weighted by molar-refractivity contribution is 0.0834. The average Bonchev–Trinajstić information content (AvgIpc) is 2.61. The SMILES string of the molecule is Nc1nc(-c2ccccc2)nc(N(CC(O)CO)CC(O)CO)n1. The molecule has 2 unspecified atom stereocenters. The Kier molecular flexibility index (Phi) is 6.38. The van der Waals surface area contributed by atoms with E-state index >= 15 is 0 Å². The molecule has 0 bridgehead atoms. The monoisotopic (exact) mass is 335 g/mol. The summed E-state index contributed by atoms with van der Waals surface area (Å²) < 4.78 is 0. The normalized spacial score (nSPS) is 13.5. The molecular formula is C15H21N5O4. The Morgan fingerprint density at radius 3 is 2.04 bits per heavy atom. The first-order valence-electron chi connectivity index (χ1n) is 7.43. The van der Waals surface area contributed by atoms with Crippen molar-refractivity contribution < 1.29 is 20.4 Å². The first kappa shape index (κ1) is 18.0. The Labute approximate surface area is 139 Å². The number of nitrogens with two attached hydrogens (primary N) is 1. The number of rotatable bonds is 8. The van der Waals surface area contributed by atoms with E-state index < -0.39 is 25.4 Å². The maximum atomic E-state index is 9.69. The number of nitrogens with zero attached hydrogens (tertiary/aromatic N) is 4. The number of nitrogen functional groups attached to an aromatic ring is 1. The predicted molar refractivity (Wildman–Crippen MR) is 88.1 cm³/mol. The minimum atomic E-state index is -1.06. The summed E-state index contributed by atoms with van der Waals surface area (Å²) in [6, 6.07) is 9.15. The summed E-state index contributed by atoms with van der Waals surface area (Å²) in [6.07, 6.45) is -2.12. The van der Waals surface area contributed by atoms with Crippen LogP contribution in [0.15, 0.2) is 30.3 Å². The van der Waals surface area contributed by atoms with Crippen LogP contribution in [0.1, 0.15) is 0 Å². The third-order valence-electron chi connectivity index (χ3n) is 3.24. The van der Waals surface area contributed by atoms with Crippen molar-refractivity contribution in [2.24, 2.45) is 0 Å². The van der Waals surface area contributed by atoms with Gasteiger partial charge in [0.25, 0.3) is 0 Å². The second-order valence-electron chi connectivity index (χ2n) is 5.26. The molecule has 0 saturated carbocycles. The van der Waals surface area contributed by atoms with Gasteiger partial charge in [0, 0.05) is 18.7 Å². The van der Waals surface area contributed by atoms with E-state index in [-0.39, 0.29) is 25.0 Å². The van der Waals surface area contributed by atoms with Crippen molar-refractivity contribution in [2.45, 2.75) is 12.2 Å². The van der Waals surface area contributed by atoms with Gasteiger partial charge in [-0.05, 0) is 0 Å². The Bertz CT molecular complexity index is 631. The number of benzene rings is 1. The van der Waals surface area contributed by atoms with Gasteiger partial charge in [0.15, 0.2) is 5.82 Å². The highest BCUT2D eigenvalue weighted by Crippen LogP contribution is 2.19. The van der Waals surface area contributed by atoms with Gasteiger partial charge < -0.3 is 31.1 Å². The summed E-state index contributed by atoms with van der Waals surface area (Å²) in [7, 11) is 0. The Morgan fingerprint density at radius 2 is 1.50 bits per heavy atom. The number of anilines is 2. The van der Waals surface area contributed by atoms with E-state index in [1.807, 2.05) is 30.3 Å². The van der Waals surface area contributed by atoms with Crippen LogP contribution in [0.3, 0.4) is 0 Å². The molecule has 2 rings (SSSR count). The van der Waals surface area contributed by atoms with Crippen LogP contribution in [-0.4, -0.2) is 73.9 Å². The maximum absolute atomic E-state index is 9.69. The van der Waals surface area contributed by atoms with Crippen molar-refractivity contribution in [3.63, 3.8) is 0 Å². The van der Waals surface area contributed by atoms with E-state index in [1.165, 1.54) is 4.90 Å². The summed E-state index contributed by atoms with van der Waals surface area (Å²) in [5.74, 6) is 0.474. The Hall–Kier alpha value is -2.33. The van der Waals surface area contributed by atoms with E-state index in [0.29, 0.717) is 5.82 Å². The lowest BCUT2D eigenvalue weighted by Crippen LogP contribution is -2.41. The van der Waals surface area contributed by atoms with Crippen LogP contribution in [0.2, 0.25) is 0 Å². The molecule has 2 atom stereocenters. The quantitative estimate of drug-likeness (QED) is 0.394. The Morgan fingerprint density at radius 1 is 0.917 bits per heavy atom. The second kappa shape index (κ2) is 8.50. The molecule has 0 radical (unpaired) electrons. The van der Waals surface area contributed by atoms with Gasteiger partial charge in [0.1, 0.15) is 0 Å². The standard InChI is InChI=1S/C15H21N5O4/c16-14-17-13(10-4-2-1-3-5-10)18-15(19-14)20(6-11(23)8-21)7-12(24)9-22/h1-5,11-12,21-24H,6-9H2,(H2,16,17,18,19). The fraction of sp³-hybridized carbons (Fsp3) is 0.400. The molecule has 1 aromatic carbocycles. The molecular weight excluding hydrogens is 314 g/mol. The summed E-state index contributed by atoms with van der Waals surface area (Å²) in [5.41, 5.74) is 6.48. The number of hydrogen-bond donors (Lipinski definition) is 5. The molecule has 9 heteroatoms. The van der Waals surface area contributed by atoms with Gasteiger partial charge in [-0.2, -0.15) is 15.0 Å². The molecule has 2 aromatic rings. The molecule has 0 fully saturated rings. The molecule has 0 spiro atoms. The van der Waals surface area contributed by atoms with Crippen LogP contribution in [0.5, 0.6) is 0 Å². The Balaban J connectivity index is 2.35.